The van der Waals surface area contributed by atoms with Crippen molar-refractivity contribution in [1.29, 1.82) is 0 Å². The largest absolute Gasteiger partial charge is 0.494 e. The second-order valence-corrected chi connectivity index (χ2v) is 4.66. The van der Waals surface area contributed by atoms with Crippen molar-refractivity contribution in [2.45, 2.75) is 13.3 Å². The Labute approximate surface area is 120 Å². The van der Waals surface area contributed by atoms with Crippen LogP contribution in [0.4, 0.5) is 0 Å². The third-order valence-corrected chi connectivity index (χ3v) is 3.06. The Kier molecular flexibility index (Phi) is 6.67. The van der Waals surface area contributed by atoms with Crippen LogP contribution in [-0.4, -0.2) is 32.1 Å². The molecule has 0 unspecified atom stereocenters. The summed E-state index contributed by atoms with van der Waals surface area (Å²) in [7, 11) is 0. The number of nitrogens with one attached hydrogen (secondary N) is 2. The number of carbonyl (C=O) groups excluding carboxylic acids is 1. The molecule has 1 amide bonds. The zero-order chi connectivity index (χ0) is 12.8. The molecule has 0 saturated carbocycles. The third kappa shape index (κ3) is 5.09. The molecular formula is C14H21ClN2O2. The van der Waals surface area contributed by atoms with E-state index in [1.807, 2.05) is 24.3 Å². The highest BCUT2D eigenvalue weighted by Gasteiger charge is 2.23. The summed E-state index contributed by atoms with van der Waals surface area (Å²) < 4.78 is 5.58. The molecule has 19 heavy (non-hydrogen) atoms. The van der Waals surface area contributed by atoms with Gasteiger partial charge in [0.2, 0.25) is 5.91 Å². The van der Waals surface area contributed by atoms with E-state index in [1.54, 1.807) is 0 Å². The molecule has 0 atom stereocenters. The summed E-state index contributed by atoms with van der Waals surface area (Å²) in [6, 6.07) is 7.99. The minimum atomic E-state index is 0. The van der Waals surface area contributed by atoms with Crippen LogP contribution >= 0.6 is 12.4 Å². The summed E-state index contributed by atoms with van der Waals surface area (Å²) in [6.45, 7) is 4.99. The highest BCUT2D eigenvalue weighted by Crippen LogP contribution is 2.11. The lowest BCUT2D eigenvalue weighted by Crippen LogP contribution is -2.50. The third-order valence-electron chi connectivity index (χ3n) is 3.06. The van der Waals surface area contributed by atoms with Gasteiger partial charge in [-0.3, -0.25) is 4.79 Å². The SMILES string of the molecule is Cc1ccc(OCCCNC(=O)C2CNC2)cc1.Cl. The number of hydrogen-bond acceptors (Lipinski definition) is 3. The molecule has 1 aliphatic rings. The van der Waals surface area contributed by atoms with E-state index in [9.17, 15) is 4.79 Å². The van der Waals surface area contributed by atoms with Crippen LogP contribution in [0.15, 0.2) is 24.3 Å². The minimum absolute atomic E-state index is 0. The molecule has 1 aromatic carbocycles. The molecule has 1 aromatic rings. The molecule has 5 heteroatoms. The van der Waals surface area contributed by atoms with Gasteiger partial charge in [-0.15, -0.1) is 12.4 Å². The van der Waals surface area contributed by atoms with Gasteiger partial charge in [-0.25, -0.2) is 0 Å². The summed E-state index contributed by atoms with van der Waals surface area (Å²) >= 11 is 0. The second kappa shape index (κ2) is 8.02. The Balaban J connectivity index is 0.00000180. The number of rotatable bonds is 6. The monoisotopic (exact) mass is 284 g/mol. The van der Waals surface area contributed by atoms with Crippen LogP contribution in [0.1, 0.15) is 12.0 Å². The fourth-order valence-electron chi connectivity index (χ4n) is 1.73. The van der Waals surface area contributed by atoms with E-state index >= 15 is 0 Å². The molecule has 1 aliphatic heterocycles. The number of aryl methyl sites for hydroxylation is 1. The molecular weight excluding hydrogens is 264 g/mol. The van der Waals surface area contributed by atoms with E-state index in [0.29, 0.717) is 13.2 Å². The maximum absolute atomic E-state index is 11.5. The molecule has 106 valence electrons. The van der Waals surface area contributed by atoms with Crippen LogP contribution in [0, 0.1) is 12.8 Å². The van der Waals surface area contributed by atoms with Gasteiger partial charge in [-0.1, -0.05) is 17.7 Å². The van der Waals surface area contributed by atoms with Gasteiger partial charge in [0, 0.05) is 19.6 Å². The second-order valence-electron chi connectivity index (χ2n) is 4.66. The lowest BCUT2D eigenvalue weighted by Gasteiger charge is -2.25. The van der Waals surface area contributed by atoms with Gasteiger partial charge < -0.3 is 15.4 Å². The van der Waals surface area contributed by atoms with Gasteiger partial charge >= 0.3 is 0 Å². The Morgan fingerprint density at radius 3 is 2.63 bits per heavy atom. The van der Waals surface area contributed by atoms with Gasteiger partial charge in [0.1, 0.15) is 5.75 Å². The van der Waals surface area contributed by atoms with Crippen molar-refractivity contribution >= 4 is 18.3 Å². The Bertz CT molecular complexity index is 391. The van der Waals surface area contributed by atoms with Crippen LogP contribution in [0.2, 0.25) is 0 Å². The van der Waals surface area contributed by atoms with Crippen molar-refractivity contribution in [2.24, 2.45) is 5.92 Å². The molecule has 4 nitrogen and oxygen atoms in total. The molecule has 0 aromatic heterocycles. The van der Waals surface area contributed by atoms with Crippen molar-refractivity contribution < 1.29 is 9.53 Å². The van der Waals surface area contributed by atoms with Gasteiger partial charge in [0.25, 0.3) is 0 Å². The number of ether oxygens (including phenoxy) is 1. The van der Waals surface area contributed by atoms with Crippen LogP contribution in [0.3, 0.4) is 0 Å². The van der Waals surface area contributed by atoms with Crippen molar-refractivity contribution in [3.05, 3.63) is 29.8 Å². The number of halogens is 1. The zero-order valence-electron chi connectivity index (χ0n) is 11.1. The highest BCUT2D eigenvalue weighted by atomic mass is 35.5. The van der Waals surface area contributed by atoms with E-state index < -0.39 is 0 Å². The maximum atomic E-state index is 11.5. The van der Waals surface area contributed by atoms with E-state index in [-0.39, 0.29) is 24.2 Å². The highest BCUT2D eigenvalue weighted by molar-refractivity contribution is 5.85. The van der Waals surface area contributed by atoms with Crippen molar-refractivity contribution in [2.75, 3.05) is 26.2 Å². The summed E-state index contributed by atoms with van der Waals surface area (Å²) in [4.78, 5) is 11.5. The quantitative estimate of drug-likeness (QED) is 0.779. The molecule has 0 spiro atoms. The predicted molar refractivity (Wildman–Crippen MR) is 77.9 cm³/mol. The summed E-state index contributed by atoms with van der Waals surface area (Å²) in [5.41, 5.74) is 1.23. The molecule has 1 heterocycles. The van der Waals surface area contributed by atoms with Gasteiger partial charge in [0.05, 0.1) is 12.5 Å². The van der Waals surface area contributed by atoms with Crippen LogP contribution in [-0.2, 0) is 4.79 Å². The predicted octanol–water partition coefficient (Wildman–Crippen LogP) is 1.52. The first-order valence-electron chi connectivity index (χ1n) is 6.43. The molecule has 0 aliphatic carbocycles. The average molecular weight is 285 g/mol. The fourth-order valence-corrected chi connectivity index (χ4v) is 1.73. The smallest absolute Gasteiger partial charge is 0.225 e. The van der Waals surface area contributed by atoms with Crippen molar-refractivity contribution in [1.82, 2.24) is 10.6 Å². The number of amides is 1. The number of carbonyl (C=O) groups is 1. The Hall–Kier alpha value is -1.26. The van der Waals surface area contributed by atoms with E-state index in [1.165, 1.54) is 5.56 Å². The minimum Gasteiger partial charge on any atom is -0.494 e. The van der Waals surface area contributed by atoms with Crippen molar-refractivity contribution in [3.8, 4) is 5.75 Å². The molecule has 0 radical (unpaired) electrons. The van der Waals surface area contributed by atoms with Crippen LogP contribution in [0.5, 0.6) is 5.75 Å². The molecule has 2 rings (SSSR count). The van der Waals surface area contributed by atoms with Crippen molar-refractivity contribution in [3.63, 3.8) is 0 Å². The zero-order valence-corrected chi connectivity index (χ0v) is 12.0. The first-order chi connectivity index (χ1) is 8.75. The molecule has 0 bridgehead atoms. The van der Waals surface area contributed by atoms with Crippen LogP contribution < -0.4 is 15.4 Å². The lowest BCUT2D eigenvalue weighted by atomic mass is 10.0. The van der Waals surface area contributed by atoms with Gasteiger partial charge in [-0.05, 0) is 25.5 Å². The van der Waals surface area contributed by atoms with E-state index in [2.05, 4.69) is 17.6 Å². The molecule has 1 fully saturated rings. The van der Waals surface area contributed by atoms with E-state index in [4.69, 9.17) is 4.74 Å². The first-order valence-corrected chi connectivity index (χ1v) is 6.43. The topological polar surface area (TPSA) is 50.4 Å². The first kappa shape index (κ1) is 15.8. The Morgan fingerprint density at radius 2 is 2.05 bits per heavy atom. The lowest BCUT2D eigenvalue weighted by molar-refractivity contribution is -0.126. The summed E-state index contributed by atoms with van der Waals surface area (Å²) in [5.74, 6) is 1.21. The van der Waals surface area contributed by atoms with Gasteiger partial charge in [-0.2, -0.15) is 0 Å². The normalized spacial score (nSPS) is 14.2. The molecule has 1 saturated heterocycles. The summed E-state index contributed by atoms with van der Waals surface area (Å²) in [5, 5.41) is 6.01. The number of benzene rings is 1. The summed E-state index contributed by atoms with van der Waals surface area (Å²) in [6.07, 6.45) is 0.833. The molecule has 2 N–H and O–H groups in total. The van der Waals surface area contributed by atoms with Crippen LogP contribution in [0.25, 0.3) is 0 Å². The fraction of sp³-hybridized carbons (Fsp3) is 0.500. The average Bonchev–Trinajstić information content (AvgIpc) is 2.29. The standard InChI is InChI=1S/C14H20N2O2.ClH/c1-11-3-5-13(6-4-11)18-8-2-7-16-14(17)12-9-15-10-12;/h3-6,12,15H,2,7-10H2,1H3,(H,16,17);1H. The number of hydrogen-bond donors (Lipinski definition) is 2. The maximum Gasteiger partial charge on any atom is 0.225 e. The van der Waals surface area contributed by atoms with E-state index in [0.717, 1.165) is 25.3 Å². The van der Waals surface area contributed by atoms with Gasteiger partial charge in [0.15, 0.2) is 0 Å². The Morgan fingerprint density at radius 1 is 1.37 bits per heavy atom.